The summed E-state index contributed by atoms with van der Waals surface area (Å²) in [5, 5.41) is 9.25. The van der Waals surface area contributed by atoms with E-state index in [0.29, 0.717) is 34.9 Å². The first-order valence-electron chi connectivity index (χ1n) is 9.68. The second kappa shape index (κ2) is 17.9. The number of carbonyl (C=O) groups excluding carboxylic acids is 1. The van der Waals surface area contributed by atoms with Crippen LogP contribution in [0, 0.1) is 0 Å². The van der Waals surface area contributed by atoms with Crippen molar-refractivity contribution < 1.29 is 14.7 Å². The van der Waals surface area contributed by atoms with Crippen LogP contribution in [0.3, 0.4) is 0 Å². The van der Waals surface area contributed by atoms with Gasteiger partial charge in [0, 0.05) is 10.6 Å². The number of unbranched alkanes of at least 4 members (excludes halogenated alkanes) is 1. The summed E-state index contributed by atoms with van der Waals surface area (Å²) < 4.78 is 0. The van der Waals surface area contributed by atoms with Crippen LogP contribution in [0.5, 0.6) is 0 Å². The molecule has 6 nitrogen and oxygen atoms in total. The molecule has 1 atom stereocenters. The molecule has 2 rings (SSSR count). The van der Waals surface area contributed by atoms with Gasteiger partial charge in [0.1, 0.15) is 6.04 Å². The summed E-state index contributed by atoms with van der Waals surface area (Å²) in [4.78, 5) is 20.3. The number of carboxylic acids is 1. The van der Waals surface area contributed by atoms with Crippen LogP contribution in [0.25, 0.3) is 0 Å². The third-order valence-corrected chi connectivity index (χ3v) is 4.45. The first-order valence-corrected chi connectivity index (χ1v) is 10.4. The Morgan fingerprint density at radius 3 is 2.13 bits per heavy atom. The highest BCUT2D eigenvalue weighted by molar-refractivity contribution is 6.36. The number of hydrogen-bond acceptors (Lipinski definition) is 5. The summed E-state index contributed by atoms with van der Waals surface area (Å²) >= 11 is 11.2. The van der Waals surface area contributed by atoms with Crippen molar-refractivity contribution in [1.82, 2.24) is 0 Å². The third-order valence-electron chi connectivity index (χ3n) is 3.89. The standard InChI is InChI=1S/C9H13N.C7H4Cl2O.C6H14N2O2/c10-8-4-7-9-5-2-1-3-6-9;8-6-2-1-5(4-10)7(9)3-6;7-4-2-1-3-5(8)6(9)10/h1-3,5-6H,4,7-8,10H2;1-4H;5H,1-4,7-8H2,(H,9,10)/t;;5-/m..0/s1. The maximum atomic E-state index is 10.2. The zero-order chi connectivity index (χ0) is 22.8. The quantitative estimate of drug-likeness (QED) is 0.334. The average molecular weight is 456 g/mol. The molecule has 30 heavy (non-hydrogen) atoms. The van der Waals surface area contributed by atoms with E-state index in [1.165, 1.54) is 11.6 Å². The molecule has 0 unspecified atom stereocenters. The smallest absolute Gasteiger partial charge is 0.320 e. The molecule has 0 aliphatic heterocycles. The molecule has 166 valence electrons. The van der Waals surface area contributed by atoms with E-state index >= 15 is 0 Å². The van der Waals surface area contributed by atoms with Gasteiger partial charge < -0.3 is 22.3 Å². The van der Waals surface area contributed by atoms with Gasteiger partial charge in [-0.3, -0.25) is 9.59 Å². The summed E-state index contributed by atoms with van der Waals surface area (Å²) in [6.45, 7) is 1.39. The highest BCUT2D eigenvalue weighted by atomic mass is 35.5. The first kappa shape index (κ1) is 28.0. The Balaban J connectivity index is 0.000000420. The minimum absolute atomic E-state index is 0.391. The lowest BCUT2D eigenvalue weighted by Gasteiger charge is -2.03. The Morgan fingerprint density at radius 1 is 1.00 bits per heavy atom. The van der Waals surface area contributed by atoms with Crippen molar-refractivity contribution in [3.8, 4) is 0 Å². The lowest BCUT2D eigenvalue weighted by Crippen LogP contribution is -2.29. The fourth-order valence-corrected chi connectivity index (χ4v) is 2.63. The zero-order valence-electron chi connectivity index (χ0n) is 17.0. The molecule has 0 aliphatic rings. The summed E-state index contributed by atoms with van der Waals surface area (Å²) in [7, 11) is 0. The molecule has 2 aromatic carbocycles. The van der Waals surface area contributed by atoms with Crippen LogP contribution < -0.4 is 17.2 Å². The third kappa shape index (κ3) is 14.1. The normalized spacial score (nSPS) is 10.7. The largest absolute Gasteiger partial charge is 0.480 e. The predicted octanol–water partition coefficient (Wildman–Crippen LogP) is 3.91. The minimum Gasteiger partial charge on any atom is -0.480 e. The molecule has 0 heterocycles. The number of aldehydes is 1. The Hall–Kier alpha value is -1.96. The van der Waals surface area contributed by atoms with Crippen LogP contribution in [0.15, 0.2) is 48.5 Å². The number of benzene rings is 2. The van der Waals surface area contributed by atoms with Crippen molar-refractivity contribution in [2.75, 3.05) is 13.1 Å². The van der Waals surface area contributed by atoms with E-state index in [1.807, 2.05) is 6.07 Å². The van der Waals surface area contributed by atoms with E-state index in [0.717, 1.165) is 32.2 Å². The number of aliphatic carboxylic acids is 1. The highest BCUT2D eigenvalue weighted by Crippen LogP contribution is 2.18. The van der Waals surface area contributed by atoms with E-state index in [1.54, 1.807) is 12.1 Å². The van der Waals surface area contributed by atoms with E-state index in [2.05, 4.69) is 24.3 Å². The van der Waals surface area contributed by atoms with Crippen LogP contribution in [0.2, 0.25) is 10.0 Å². The summed E-state index contributed by atoms with van der Waals surface area (Å²) in [5.74, 6) is -0.933. The molecule has 0 saturated carbocycles. The first-order chi connectivity index (χ1) is 14.3. The van der Waals surface area contributed by atoms with Gasteiger partial charge in [-0.2, -0.15) is 0 Å². The van der Waals surface area contributed by atoms with Crippen LogP contribution in [0.4, 0.5) is 0 Å². The molecule has 0 spiro atoms. The summed E-state index contributed by atoms with van der Waals surface area (Å²) in [6, 6.07) is 14.4. The zero-order valence-corrected chi connectivity index (χ0v) is 18.5. The molecule has 0 amide bonds. The predicted molar refractivity (Wildman–Crippen MR) is 124 cm³/mol. The van der Waals surface area contributed by atoms with E-state index < -0.39 is 12.0 Å². The average Bonchev–Trinajstić information content (AvgIpc) is 2.74. The fourth-order valence-electron chi connectivity index (χ4n) is 2.18. The van der Waals surface area contributed by atoms with Crippen molar-refractivity contribution in [3.63, 3.8) is 0 Å². The van der Waals surface area contributed by atoms with Gasteiger partial charge in [-0.15, -0.1) is 0 Å². The molecule has 8 heteroatoms. The van der Waals surface area contributed by atoms with Crippen molar-refractivity contribution in [2.24, 2.45) is 17.2 Å². The molecular formula is C22H31Cl2N3O3. The fraction of sp³-hybridized carbons (Fsp3) is 0.364. The second-order valence-electron chi connectivity index (χ2n) is 6.39. The van der Waals surface area contributed by atoms with E-state index in [4.69, 9.17) is 45.5 Å². The Kier molecular flexibility index (Phi) is 16.7. The Morgan fingerprint density at radius 2 is 1.63 bits per heavy atom. The number of aryl methyl sites for hydroxylation is 1. The molecule has 0 radical (unpaired) electrons. The molecular weight excluding hydrogens is 425 g/mol. The van der Waals surface area contributed by atoms with Crippen molar-refractivity contribution >= 4 is 35.5 Å². The van der Waals surface area contributed by atoms with Crippen molar-refractivity contribution in [3.05, 3.63) is 69.7 Å². The number of rotatable bonds is 9. The van der Waals surface area contributed by atoms with Gasteiger partial charge in [0.15, 0.2) is 6.29 Å². The van der Waals surface area contributed by atoms with Gasteiger partial charge in [-0.25, -0.2) is 0 Å². The van der Waals surface area contributed by atoms with Gasteiger partial charge >= 0.3 is 5.97 Å². The summed E-state index contributed by atoms with van der Waals surface area (Å²) in [6.07, 6.45) is 5.05. The number of nitrogens with two attached hydrogens (primary N) is 3. The monoisotopic (exact) mass is 455 g/mol. The van der Waals surface area contributed by atoms with E-state index in [-0.39, 0.29) is 0 Å². The Bertz CT molecular complexity index is 731. The van der Waals surface area contributed by atoms with Gasteiger partial charge in [0.2, 0.25) is 0 Å². The maximum Gasteiger partial charge on any atom is 0.320 e. The van der Waals surface area contributed by atoms with Crippen molar-refractivity contribution in [1.29, 1.82) is 0 Å². The molecule has 2 aromatic rings. The second-order valence-corrected chi connectivity index (χ2v) is 7.23. The van der Waals surface area contributed by atoms with Crippen molar-refractivity contribution in [2.45, 2.75) is 38.1 Å². The van der Waals surface area contributed by atoms with Crippen LogP contribution >= 0.6 is 23.2 Å². The van der Waals surface area contributed by atoms with Crippen LogP contribution in [-0.2, 0) is 11.2 Å². The number of halogens is 2. The van der Waals surface area contributed by atoms with Gasteiger partial charge in [-0.05, 0) is 62.5 Å². The van der Waals surface area contributed by atoms with E-state index in [9.17, 15) is 9.59 Å². The van der Waals surface area contributed by atoms with Crippen LogP contribution in [-0.4, -0.2) is 36.5 Å². The molecule has 0 fully saturated rings. The summed E-state index contributed by atoms with van der Waals surface area (Å²) in [5.41, 5.74) is 17.6. The lowest BCUT2D eigenvalue weighted by atomic mass is 10.1. The Labute approximate surface area is 188 Å². The molecule has 0 bridgehead atoms. The highest BCUT2D eigenvalue weighted by Gasteiger charge is 2.09. The topological polar surface area (TPSA) is 132 Å². The minimum atomic E-state index is -0.933. The molecule has 7 N–H and O–H groups in total. The number of carbonyl (C=O) groups is 2. The van der Waals surface area contributed by atoms with Gasteiger partial charge in [-0.1, -0.05) is 60.0 Å². The molecule has 0 aromatic heterocycles. The molecule has 0 aliphatic carbocycles. The van der Waals surface area contributed by atoms with Gasteiger partial charge in [0.05, 0.1) is 5.02 Å². The SMILES string of the molecule is NCCCC[C@H](N)C(=O)O.NCCCc1ccccc1.O=Cc1ccc(Cl)cc1Cl. The van der Waals surface area contributed by atoms with Crippen LogP contribution in [0.1, 0.15) is 41.6 Å². The maximum absolute atomic E-state index is 10.2. The lowest BCUT2D eigenvalue weighted by molar-refractivity contribution is -0.138. The molecule has 0 saturated heterocycles. The number of carboxylic acid groups (broad SMARTS) is 1. The number of hydrogen-bond donors (Lipinski definition) is 4. The van der Waals surface area contributed by atoms with Gasteiger partial charge in [0.25, 0.3) is 0 Å².